The van der Waals surface area contributed by atoms with Crippen molar-refractivity contribution in [3.63, 3.8) is 0 Å². The van der Waals surface area contributed by atoms with E-state index in [0.29, 0.717) is 22.9 Å². The molecule has 0 spiro atoms. The van der Waals surface area contributed by atoms with Gasteiger partial charge in [0.25, 0.3) is 0 Å². The maximum atomic E-state index is 13.1. The van der Waals surface area contributed by atoms with Gasteiger partial charge in [-0.1, -0.05) is 59.6 Å². The van der Waals surface area contributed by atoms with E-state index in [1.165, 1.54) is 10.5 Å². The van der Waals surface area contributed by atoms with E-state index in [2.05, 4.69) is 0 Å². The number of hydrogen-bond acceptors (Lipinski definition) is 3. The zero-order valence-corrected chi connectivity index (χ0v) is 17.4. The standard InChI is InChI=1S/C22H22Cl2N2O3/c23-18-9-8-17(13-19(18)24)14-20-22(29)25(15-21(28)26(20)11-12-27)10-4-7-16-5-2-1-3-6-16/h1-3,5-6,8-9,12-13,20H,4,7,10-11,14-15H2. The Balaban J connectivity index is 1.71. The number of halogens is 2. The van der Waals surface area contributed by atoms with Gasteiger partial charge in [-0.15, -0.1) is 0 Å². The lowest BCUT2D eigenvalue weighted by Gasteiger charge is -2.39. The summed E-state index contributed by atoms with van der Waals surface area (Å²) in [6.45, 7) is 0.389. The molecule has 1 atom stereocenters. The van der Waals surface area contributed by atoms with Gasteiger partial charge >= 0.3 is 0 Å². The van der Waals surface area contributed by atoms with Crippen LogP contribution in [-0.4, -0.2) is 53.6 Å². The first-order valence-electron chi connectivity index (χ1n) is 9.49. The molecule has 1 aliphatic rings. The van der Waals surface area contributed by atoms with Crippen LogP contribution in [0.4, 0.5) is 0 Å². The maximum absolute atomic E-state index is 13.1. The van der Waals surface area contributed by atoms with Gasteiger partial charge in [0, 0.05) is 13.0 Å². The van der Waals surface area contributed by atoms with Gasteiger partial charge in [-0.2, -0.15) is 0 Å². The maximum Gasteiger partial charge on any atom is 0.246 e. The molecule has 1 unspecified atom stereocenters. The molecule has 2 aromatic carbocycles. The first-order chi connectivity index (χ1) is 14.0. The quantitative estimate of drug-likeness (QED) is 0.600. The minimum absolute atomic E-state index is 0.000658. The Morgan fingerprint density at radius 3 is 2.45 bits per heavy atom. The summed E-state index contributed by atoms with van der Waals surface area (Å²) in [6, 6.07) is 14.4. The zero-order chi connectivity index (χ0) is 20.8. The molecule has 0 bridgehead atoms. The molecule has 0 aliphatic carbocycles. The number of amides is 2. The van der Waals surface area contributed by atoms with Gasteiger partial charge in [0.1, 0.15) is 12.3 Å². The Morgan fingerprint density at radius 1 is 1.00 bits per heavy atom. The highest BCUT2D eigenvalue weighted by molar-refractivity contribution is 6.42. The van der Waals surface area contributed by atoms with Gasteiger partial charge in [-0.25, -0.2) is 0 Å². The summed E-state index contributed by atoms with van der Waals surface area (Å²) in [7, 11) is 0. The van der Waals surface area contributed by atoms with Gasteiger partial charge in [0.15, 0.2) is 0 Å². The predicted molar refractivity (Wildman–Crippen MR) is 113 cm³/mol. The van der Waals surface area contributed by atoms with Crippen LogP contribution in [0, 0.1) is 0 Å². The van der Waals surface area contributed by atoms with E-state index >= 15 is 0 Å². The van der Waals surface area contributed by atoms with Crippen LogP contribution in [0.25, 0.3) is 0 Å². The molecule has 5 nitrogen and oxygen atoms in total. The molecule has 7 heteroatoms. The van der Waals surface area contributed by atoms with E-state index in [1.807, 2.05) is 30.3 Å². The highest BCUT2D eigenvalue weighted by Gasteiger charge is 2.38. The monoisotopic (exact) mass is 432 g/mol. The van der Waals surface area contributed by atoms with Crippen LogP contribution in [-0.2, 0) is 27.2 Å². The summed E-state index contributed by atoms with van der Waals surface area (Å²) >= 11 is 12.1. The minimum atomic E-state index is -0.726. The zero-order valence-electron chi connectivity index (χ0n) is 15.9. The summed E-state index contributed by atoms with van der Waals surface area (Å²) < 4.78 is 0. The van der Waals surface area contributed by atoms with Crippen molar-refractivity contribution in [2.75, 3.05) is 19.6 Å². The Kier molecular flexibility index (Phi) is 7.29. The van der Waals surface area contributed by atoms with E-state index in [9.17, 15) is 14.4 Å². The SMILES string of the molecule is O=CCN1C(=O)CN(CCCc2ccccc2)C(=O)C1Cc1ccc(Cl)c(Cl)c1. The number of hydrogen-bond donors (Lipinski definition) is 0. The lowest BCUT2D eigenvalue weighted by molar-refractivity contribution is -0.156. The van der Waals surface area contributed by atoms with Crippen LogP contribution in [0.1, 0.15) is 17.5 Å². The van der Waals surface area contributed by atoms with Crippen molar-refractivity contribution in [3.05, 3.63) is 69.7 Å². The molecular weight excluding hydrogens is 411 g/mol. The topological polar surface area (TPSA) is 57.7 Å². The fraction of sp³-hybridized carbons (Fsp3) is 0.318. The third-order valence-electron chi connectivity index (χ3n) is 5.04. The van der Waals surface area contributed by atoms with E-state index in [-0.39, 0.29) is 31.3 Å². The van der Waals surface area contributed by atoms with E-state index in [0.717, 1.165) is 18.4 Å². The molecule has 1 fully saturated rings. The molecule has 3 rings (SSSR count). The molecule has 0 N–H and O–H groups in total. The Labute approximate surface area is 180 Å². The molecule has 1 heterocycles. The largest absolute Gasteiger partial charge is 0.332 e. The second kappa shape index (κ2) is 9.90. The van der Waals surface area contributed by atoms with E-state index in [4.69, 9.17) is 23.2 Å². The summed E-state index contributed by atoms with van der Waals surface area (Å²) in [4.78, 5) is 39.8. The van der Waals surface area contributed by atoms with Gasteiger partial charge in [-0.05, 0) is 36.1 Å². The number of carbonyl (C=O) groups is 3. The Morgan fingerprint density at radius 2 is 1.76 bits per heavy atom. The smallest absolute Gasteiger partial charge is 0.246 e. The number of aryl methyl sites for hydroxylation is 1. The van der Waals surface area contributed by atoms with Gasteiger partial charge in [0.2, 0.25) is 11.8 Å². The van der Waals surface area contributed by atoms with Crippen molar-refractivity contribution in [2.45, 2.75) is 25.3 Å². The number of carbonyl (C=O) groups excluding carboxylic acids is 3. The number of benzene rings is 2. The molecule has 0 radical (unpaired) electrons. The number of aldehydes is 1. The first-order valence-corrected chi connectivity index (χ1v) is 10.2. The highest BCUT2D eigenvalue weighted by Crippen LogP contribution is 2.25. The lowest BCUT2D eigenvalue weighted by atomic mass is 10.0. The van der Waals surface area contributed by atoms with Gasteiger partial charge in [0.05, 0.1) is 23.1 Å². The van der Waals surface area contributed by atoms with Crippen LogP contribution < -0.4 is 0 Å². The van der Waals surface area contributed by atoms with Crippen LogP contribution in [0.2, 0.25) is 10.0 Å². The van der Waals surface area contributed by atoms with Crippen LogP contribution in [0.5, 0.6) is 0 Å². The molecule has 0 aromatic heterocycles. The molecule has 152 valence electrons. The van der Waals surface area contributed by atoms with Crippen LogP contribution >= 0.6 is 23.2 Å². The van der Waals surface area contributed by atoms with Crippen molar-refractivity contribution >= 4 is 41.3 Å². The van der Waals surface area contributed by atoms with Crippen molar-refractivity contribution in [3.8, 4) is 0 Å². The van der Waals surface area contributed by atoms with Gasteiger partial charge < -0.3 is 14.6 Å². The summed E-state index contributed by atoms with van der Waals surface area (Å²) in [5.41, 5.74) is 1.98. The third kappa shape index (κ3) is 5.37. The summed E-state index contributed by atoms with van der Waals surface area (Å²) in [5.74, 6) is -0.368. The normalized spacial score (nSPS) is 17.0. The molecule has 1 saturated heterocycles. The third-order valence-corrected chi connectivity index (χ3v) is 5.78. The van der Waals surface area contributed by atoms with Crippen LogP contribution in [0.15, 0.2) is 48.5 Å². The minimum Gasteiger partial charge on any atom is -0.332 e. The molecule has 2 aromatic rings. The average molecular weight is 433 g/mol. The number of rotatable bonds is 8. The number of piperazine rings is 1. The van der Waals surface area contributed by atoms with Gasteiger partial charge in [-0.3, -0.25) is 9.59 Å². The Hall–Kier alpha value is -2.37. The molecule has 0 saturated carbocycles. The highest BCUT2D eigenvalue weighted by atomic mass is 35.5. The predicted octanol–water partition coefficient (Wildman–Crippen LogP) is 3.41. The molecule has 1 aliphatic heterocycles. The van der Waals surface area contributed by atoms with Crippen molar-refractivity contribution in [2.24, 2.45) is 0 Å². The van der Waals surface area contributed by atoms with Crippen molar-refractivity contribution in [1.82, 2.24) is 9.80 Å². The second-order valence-electron chi connectivity index (χ2n) is 7.03. The van der Waals surface area contributed by atoms with Crippen molar-refractivity contribution < 1.29 is 14.4 Å². The first kappa shape index (κ1) is 21.3. The summed E-state index contributed by atoms with van der Waals surface area (Å²) in [5, 5.41) is 0.814. The molecule has 29 heavy (non-hydrogen) atoms. The van der Waals surface area contributed by atoms with E-state index < -0.39 is 6.04 Å². The average Bonchev–Trinajstić information content (AvgIpc) is 2.71. The molecular formula is C22H22Cl2N2O3. The Bertz CT molecular complexity index is 889. The van der Waals surface area contributed by atoms with Crippen LogP contribution in [0.3, 0.4) is 0 Å². The van der Waals surface area contributed by atoms with Crippen molar-refractivity contribution in [1.29, 1.82) is 0 Å². The summed E-state index contributed by atoms with van der Waals surface area (Å²) in [6.07, 6.45) is 2.52. The fourth-order valence-electron chi connectivity index (χ4n) is 3.55. The molecule has 2 amide bonds. The lowest BCUT2D eigenvalue weighted by Crippen LogP contribution is -2.61. The fourth-order valence-corrected chi connectivity index (χ4v) is 3.88. The number of nitrogens with zero attached hydrogens (tertiary/aromatic N) is 2. The second-order valence-corrected chi connectivity index (χ2v) is 7.84. The van der Waals surface area contributed by atoms with E-state index in [1.54, 1.807) is 23.1 Å².